The molecule has 0 spiro atoms. The van der Waals surface area contributed by atoms with E-state index in [0.29, 0.717) is 0 Å². The Hall–Kier alpha value is -2.17. The van der Waals surface area contributed by atoms with Crippen LogP contribution in [0.4, 0.5) is 0 Å². The van der Waals surface area contributed by atoms with E-state index in [1.54, 1.807) is 0 Å². The Bertz CT molecular complexity index is 801. The van der Waals surface area contributed by atoms with Crippen LogP contribution in [0.3, 0.4) is 0 Å². The van der Waals surface area contributed by atoms with Crippen molar-refractivity contribution < 1.29 is 0 Å². The van der Waals surface area contributed by atoms with E-state index < -0.39 is 0 Å². The highest BCUT2D eigenvalue weighted by Crippen LogP contribution is 2.27. The quantitative estimate of drug-likeness (QED) is 0.795. The number of nitrogens with zero attached hydrogens (tertiary/aromatic N) is 1. The van der Waals surface area contributed by atoms with Crippen molar-refractivity contribution in [3.8, 4) is 22.4 Å². The third-order valence-corrected chi connectivity index (χ3v) is 4.33. The number of rotatable bonds is 4. The number of aromatic amines is 1. The van der Waals surface area contributed by atoms with Crippen molar-refractivity contribution in [1.82, 2.24) is 9.88 Å². The third kappa shape index (κ3) is 3.18. The molecular weight excluding hydrogens is 292 g/mol. The molecule has 0 aliphatic heterocycles. The van der Waals surface area contributed by atoms with E-state index in [1.165, 1.54) is 22.5 Å². The number of H-pyrrole nitrogens is 1. The molecule has 112 valence electrons. The van der Waals surface area contributed by atoms with Crippen molar-refractivity contribution in [3.63, 3.8) is 0 Å². The Balaban J connectivity index is 1.95. The number of nitrogens with one attached hydrogen (secondary N) is 1. The van der Waals surface area contributed by atoms with Gasteiger partial charge in [0.25, 0.3) is 0 Å². The highest BCUT2D eigenvalue weighted by molar-refractivity contribution is 7.09. The van der Waals surface area contributed by atoms with E-state index in [2.05, 4.69) is 46.3 Å². The maximum absolute atomic E-state index is 11.7. The van der Waals surface area contributed by atoms with Crippen molar-refractivity contribution in [2.75, 3.05) is 14.1 Å². The second kappa shape index (κ2) is 6.30. The SMILES string of the molecule is CN(C)Cc1sc(=O)[nH]c1-c1ccc(-c2ccccc2)cc1. The summed E-state index contributed by atoms with van der Waals surface area (Å²) in [5, 5.41) is 0. The van der Waals surface area contributed by atoms with Crippen molar-refractivity contribution in [1.29, 1.82) is 0 Å². The van der Waals surface area contributed by atoms with Crippen LogP contribution in [0.15, 0.2) is 59.4 Å². The van der Waals surface area contributed by atoms with Crippen LogP contribution < -0.4 is 4.87 Å². The van der Waals surface area contributed by atoms with Gasteiger partial charge in [0.15, 0.2) is 0 Å². The molecule has 2 aromatic carbocycles. The Morgan fingerprint density at radius 1 is 0.909 bits per heavy atom. The van der Waals surface area contributed by atoms with Crippen LogP contribution in [0, 0.1) is 0 Å². The van der Waals surface area contributed by atoms with Gasteiger partial charge in [-0.15, -0.1) is 0 Å². The summed E-state index contributed by atoms with van der Waals surface area (Å²) in [4.78, 5) is 17.8. The van der Waals surface area contributed by atoms with E-state index in [9.17, 15) is 4.79 Å². The lowest BCUT2D eigenvalue weighted by atomic mass is 10.0. The van der Waals surface area contributed by atoms with Crippen molar-refractivity contribution in [2.24, 2.45) is 0 Å². The number of hydrogen-bond donors (Lipinski definition) is 1. The van der Waals surface area contributed by atoms with Crippen molar-refractivity contribution >= 4 is 11.3 Å². The molecule has 0 fully saturated rings. The summed E-state index contributed by atoms with van der Waals surface area (Å²) in [7, 11) is 4.01. The summed E-state index contributed by atoms with van der Waals surface area (Å²) in [6.45, 7) is 0.763. The van der Waals surface area contributed by atoms with E-state index in [1.807, 2.05) is 32.3 Å². The second-order valence-electron chi connectivity index (χ2n) is 5.49. The fourth-order valence-corrected chi connectivity index (χ4v) is 3.42. The highest BCUT2D eigenvalue weighted by Gasteiger charge is 2.11. The minimum absolute atomic E-state index is 0.000939. The molecule has 0 saturated carbocycles. The van der Waals surface area contributed by atoms with Gasteiger partial charge in [-0.25, -0.2) is 0 Å². The molecule has 0 unspecified atom stereocenters. The zero-order chi connectivity index (χ0) is 15.5. The summed E-state index contributed by atoms with van der Waals surface area (Å²) in [5.74, 6) is 0. The molecule has 1 aromatic heterocycles. The maximum Gasteiger partial charge on any atom is 0.305 e. The minimum atomic E-state index is -0.000939. The van der Waals surface area contributed by atoms with Gasteiger partial charge in [-0.1, -0.05) is 65.9 Å². The molecule has 0 aliphatic rings. The van der Waals surface area contributed by atoms with Gasteiger partial charge >= 0.3 is 4.87 Å². The van der Waals surface area contributed by atoms with Gasteiger partial charge in [-0.05, 0) is 30.8 Å². The van der Waals surface area contributed by atoms with E-state index in [4.69, 9.17) is 0 Å². The van der Waals surface area contributed by atoms with E-state index >= 15 is 0 Å². The molecular formula is C18H18N2OS. The first-order valence-corrected chi connectivity index (χ1v) is 7.98. The Labute approximate surface area is 133 Å². The molecule has 1 N–H and O–H groups in total. The zero-order valence-corrected chi connectivity index (χ0v) is 13.5. The smallest absolute Gasteiger partial charge is 0.305 e. The molecule has 3 nitrogen and oxygen atoms in total. The van der Waals surface area contributed by atoms with Crippen LogP contribution in [-0.4, -0.2) is 24.0 Å². The molecule has 0 bridgehead atoms. The first-order valence-electron chi connectivity index (χ1n) is 7.16. The average molecular weight is 310 g/mol. The molecule has 0 radical (unpaired) electrons. The van der Waals surface area contributed by atoms with Gasteiger partial charge in [0.2, 0.25) is 0 Å². The van der Waals surface area contributed by atoms with E-state index in [0.717, 1.165) is 22.7 Å². The summed E-state index contributed by atoms with van der Waals surface area (Å²) in [6.07, 6.45) is 0. The Morgan fingerprint density at radius 2 is 1.50 bits per heavy atom. The molecule has 0 amide bonds. The molecule has 0 saturated heterocycles. The minimum Gasteiger partial charge on any atom is -0.312 e. The lowest BCUT2D eigenvalue weighted by Gasteiger charge is -2.10. The van der Waals surface area contributed by atoms with Crippen LogP contribution in [0.25, 0.3) is 22.4 Å². The van der Waals surface area contributed by atoms with Crippen molar-refractivity contribution in [3.05, 3.63) is 69.1 Å². The summed E-state index contributed by atoms with van der Waals surface area (Å²) in [6, 6.07) is 18.6. The molecule has 1 heterocycles. The third-order valence-electron chi connectivity index (χ3n) is 3.46. The standard InChI is InChI=1S/C18H18N2OS/c1-20(2)12-16-17(19-18(21)22-16)15-10-8-14(9-11-15)13-6-4-3-5-7-13/h3-11H,12H2,1-2H3,(H,19,21). The first-order chi connectivity index (χ1) is 10.6. The topological polar surface area (TPSA) is 36.1 Å². The average Bonchev–Trinajstić information content (AvgIpc) is 2.88. The monoisotopic (exact) mass is 310 g/mol. The summed E-state index contributed by atoms with van der Waals surface area (Å²) >= 11 is 1.29. The second-order valence-corrected chi connectivity index (χ2v) is 6.56. The molecule has 22 heavy (non-hydrogen) atoms. The fourth-order valence-electron chi connectivity index (χ4n) is 2.45. The van der Waals surface area contributed by atoms with Gasteiger partial charge in [-0.2, -0.15) is 0 Å². The van der Waals surface area contributed by atoms with Gasteiger partial charge in [0, 0.05) is 11.4 Å². The van der Waals surface area contributed by atoms with Crippen LogP contribution >= 0.6 is 11.3 Å². The normalized spacial score (nSPS) is 11.0. The zero-order valence-electron chi connectivity index (χ0n) is 12.7. The fraction of sp³-hybridized carbons (Fsp3) is 0.167. The largest absolute Gasteiger partial charge is 0.312 e. The Morgan fingerprint density at radius 3 is 2.14 bits per heavy atom. The summed E-state index contributed by atoms with van der Waals surface area (Å²) < 4.78 is 0. The maximum atomic E-state index is 11.7. The van der Waals surface area contributed by atoms with Crippen LogP contribution in [0.1, 0.15) is 4.88 Å². The molecule has 4 heteroatoms. The van der Waals surface area contributed by atoms with Crippen LogP contribution in [-0.2, 0) is 6.54 Å². The number of aromatic nitrogens is 1. The van der Waals surface area contributed by atoms with Gasteiger partial charge in [0.05, 0.1) is 5.69 Å². The van der Waals surface area contributed by atoms with E-state index in [-0.39, 0.29) is 4.87 Å². The predicted octanol–water partition coefficient (Wildman–Crippen LogP) is 3.83. The predicted molar refractivity (Wildman–Crippen MR) is 93.2 cm³/mol. The van der Waals surface area contributed by atoms with Crippen LogP contribution in [0.2, 0.25) is 0 Å². The molecule has 0 aliphatic carbocycles. The van der Waals surface area contributed by atoms with Crippen molar-refractivity contribution in [2.45, 2.75) is 6.54 Å². The number of thiazole rings is 1. The first kappa shape index (κ1) is 14.8. The lowest BCUT2D eigenvalue weighted by molar-refractivity contribution is 0.406. The van der Waals surface area contributed by atoms with Crippen LogP contribution in [0.5, 0.6) is 0 Å². The molecule has 3 rings (SSSR count). The van der Waals surface area contributed by atoms with Gasteiger partial charge in [-0.3, -0.25) is 4.79 Å². The highest BCUT2D eigenvalue weighted by atomic mass is 32.1. The summed E-state index contributed by atoms with van der Waals surface area (Å²) in [5.41, 5.74) is 4.36. The van der Waals surface area contributed by atoms with Gasteiger partial charge in [0.1, 0.15) is 0 Å². The Kier molecular flexibility index (Phi) is 4.22. The molecule has 3 aromatic rings. The lowest BCUT2D eigenvalue weighted by Crippen LogP contribution is -2.10. The van der Waals surface area contributed by atoms with Gasteiger partial charge < -0.3 is 9.88 Å². The molecule has 0 atom stereocenters. The number of benzene rings is 2. The number of hydrogen-bond acceptors (Lipinski definition) is 3.